The summed E-state index contributed by atoms with van der Waals surface area (Å²) in [4.78, 5) is 3.31. The second kappa shape index (κ2) is 2.91. The van der Waals surface area contributed by atoms with Crippen LogP contribution in [-0.4, -0.2) is 4.98 Å². The molecule has 0 aliphatic heterocycles. The van der Waals surface area contributed by atoms with E-state index in [-0.39, 0.29) is 1.43 Å². The van der Waals surface area contributed by atoms with Crippen molar-refractivity contribution in [2.75, 3.05) is 0 Å². The molecule has 0 bridgehead atoms. The zero-order chi connectivity index (χ0) is 9.42. The van der Waals surface area contributed by atoms with Crippen molar-refractivity contribution in [3.05, 3.63) is 35.5 Å². The van der Waals surface area contributed by atoms with Crippen molar-refractivity contribution < 1.29 is 1.43 Å². The molecule has 1 aromatic heterocycles. The number of hydrogen-bond acceptors (Lipinski definition) is 0. The average Bonchev–Trinajstić information content (AvgIpc) is 2.53. The summed E-state index contributed by atoms with van der Waals surface area (Å²) >= 11 is 0. The van der Waals surface area contributed by atoms with Crippen LogP contribution < -0.4 is 0 Å². The maximum absolute atomic E-state index is 3.31. The number of hydrogen-bond donors (Lipinski definition) is 1. The van der Waals surface area contributed by atoms with Gasteiger partial charge >= 0.3 is 0 Å². The van der Waals surface area contributed by atoms with Crippen LogP contribution in [0.3, 0.4) is 0 Å². The van der Waals surface area contributed by atoms with E-state index in [0.29, 0.717) is 5.92 Å². The molecule has 0 aliphatic carbocycles. The fourth-order valence-corrected chi connectivity index (χ4v) is 1.81. The van der Waals surface area contributed by atoms with Gasteiger partial charge in [-0.05, 0) is 30.0 Å². The molecule has 70 valence electrons. The fourth-order valence-electron chi connectivity index (χ4n) is 1.81. The summed E-state index contributed by atoms with van der Waals surface area (Å²) in [7, 11) is 0. The third-order valence-electron chi connectivity index (χ3n) is 2.60. The molecule has 0 spiro atoms. The summed E-state index contributed by atoms with van der Waals surface area (Å²) in [6.07, 6.45) is 2.02. The van der Waals surface area contributed by atoms with Crippen LogP contribution in [0.2, 0.25) is 0 Å². The lowest BCUT2D eigenvalue weighted by Gasteiger charge is -2.08. The minimum Gasteiger partial charge on any atom is -0.361 e. The van der Waals surface area contributed by atoms with Gasteiger partial charge in [0.25, 0.3) is 0 Å². The van der Waals surface area contributed by atoms with E-state index < -0.39 is 0 Å². The molecule has 1 heterocycles. The molecule has 13 heavy (non-hydrogen) atoms. The minimum absolute atomic E-state index is 0. The number of nitrogens with one attached hydrogen (secondary N) is 1. The predicted octanol–water partition coefficient (Wildman–Crippen LogP) is 3.85. The van der Waals surface area contributed by atoms with Crippen molar-refractivity contribution in [1.29, 1.82) is 0 Å². The Morgan fingerprint density at radius 1 is 1.23 bits per heavy atom. The Morgan fingerprint density at radius 3 is 2.69 bits per heavy atom. The van der Waals surface area contributed by atoms with Crippen molar-refractivity contribution in [2.45, 2.75) is 26.7 Å². The molecule has 0 fully saturated rings. The van der Waals surface area contributed by atoms with Crippen molar-refractivity contribution in [3.8, 4) is 0 Å². The maximum atomic E-state index is 3.31. The molecule has 0 radical (unpaired) electrons. The van der Waals surface area contributed by atoms with E-state index in [2.05, 4.69) is 44.0 Å². The van der Waals surface area contributed by atoms with Crippen LogP contribution in [0.25, 0.3) is 10.9 Å². The highest BCUT2D eigenvalue weighted by atomic mass is 14.7. The van der Waals surface area contributed by atoms with Crippen LogP contribution in [0.5, 0.6) is 0 Å². The Bertz CT molecular complexity index is 429. The Morgan fingerprint density at radius 2 is 2.00 bits per heavy atom. The summed E-state index contributed by atoms with van der Waals surface area (Å²) in [5.41, 5.74) is 4.06. The first-order valence-corrected chi connectivity index (χ1v) is 4.76. The molecule has 1 N–H and O–H groups in total. The van der Waals surface area contributed by atoms with E-state index in [1.165, 1.54) is 22.0 Å². The first-order valence-electron chi connectivity index (χ1n) is 4.76. The van der Waals surface area contributed by atoms with Crippen LogP contribution in [0.1, 0.15) is 32.3 Å². The van der Waals surface area contributed by atoms with E-state index in [4.69, 9.17) is 0 Å². The van der Waals surface area contributed by atoms with Gasteiger partial charge in [0.15, 0.2) is 0 Å². The Labute approximate surface area is 80.3 Å². The van der Waals surface area contributed by atoms with Crippen LogP contribution >= 0.6 is 0 Å². The molecule has 0 amide bonds. The molecular weight excluding hydrogens is 158 g/mol. The zero-order valence-electron chi connectivity index (χ0n) is 8.39. The summed E-state index contributed by atoms with van der Waals surface area (Å²) < 4.78 is 0. The van der Waals surface area contributed by atoms with Crippen molar-refractivity contribution in [1.82, 2.24) is 4.98 Å². The van der Waals surface area contributed by atoms with Gasteiger partial charge < -0.3 is 4.98 Å². The number of aryl methyl sites for hydroxylation is 1. The Hall–Kier alpha value is -1.24. The van der Waals surface area contributed by atoms with Gasteiger partial charge in [0.2, 0.25) is 0 Å². The second-order valence-corrected chi connectivity index (χ2v) is 3.89. The summed E-state index contributed by atoms with van der Waals surface area (Å²) in [5, 5.41) is 1.35. The molecule has 2 rings (SSSR count). The van der Waals surface area contributed by atoms with Crippen molar-refractivity contribution in [2.24, 2.45) is 0 Å². The normalized spacial score (nSPS) is 11.4. The van der Waals surface area contributed by atoms with Crippen molar-refractivity contribution >= 4 is 10.9 Å². The number of H-pyrrole nitrogens is 1. The molecule has 1 nitrogen and oxygen atoms in total. The molecule has 1 heteroatoms. The van der Waals surface area contributed by atoms with Crippen LogP contribution in [-0.2, 0) is 0 Å². The summed E-state index contributed by atoms with van der Waals surface area (Å²) in [6.45, 7) is 6.61. The highest BCUT2D eigenvalue weighted by Gasteiger charge is 2.06. The molecule has 0 saturated heterocycles. The monoisotopic (exact) mass is 175 g/mol. The molecular formula is C12H17N. The number of fused-ring (bicyclic) bond motifs is 1. The van der Waals surface area contributed by atoms with Crippen molar-refractivity contribution in [3.63, 3.8) is 0 Å². The summed E-state index contributed by atoms with van der Waals surface area (Å²) in [6, 6.07) is 6.57. The quantitative estimate of drug-likeness (QED) is 0.677. The van der Waals surface area contributed by atoms with Gasteiger partial charge in [-0.15, -0.1) is 0 Å². The van der Waals surface area contributed by atoms with Gasteiger partial charge in [0.05, 0.1) is 0 Å². The number of aromatic nitrogens is 1. The molecule has 1 aromatic carbocycles. The SMILES string of the molecule is Cc1ccc(C(C)C)c2[nH]ccc12.[HH]. The van der Waals surface area contributed by atoms with Gasteiger partial charge in [0.1, 0.15) is 0 Å². The maximum Gasteiger partial charge on any atom is 0.0491 e. The summed E-state index contributed by atoms with van der Waals surface area (Å²) in [5.74, 6) is 0.585. The average molecular weight is 175 g/mol. The number of benzene rings is 1. The van der Waals surface area contributed by atoms with Gasteiger partial charge in [-0.25, -0.2) is 0 Å². The standard InChI is InChI=1S/C12H15N.H2/c1-8(2)10-5-4-9(3)11-6-7-13-12(10)11;/h4-8,13H,1-3H3;1H. The van der Waals surface area contributed by atoms with Crippen LogP contribution in [0.4, 0.5) is 0 Å². The first-order chi connectivity index (χ1) is 6.20. The van der Waals surface area contributed by atoms with Gasteiger partial charge in [-0.2, -0.15) is 0 Å². The largest absolute Gasteiger partial charge is 0.361 e. The first kappa shape index (κ1) is 8.36. The van der Waals surface area contributed by atoms with E-state index in [0.717, 1.165) is 0 Å². The van der Waals surface area contributed by atoms with E-state index in [9.17, 15) is 0 Å². The fraction of sp³-hybridized carbons (Fsp3) is 0.333. The lowest BCUT2D eigenvalue weighted by atomic mass is 9.98. The van der Waals surface area contributed by atoms with Gasteiger partial charge in [-0.1, -0.05) is 26.0 Å². The van der Waals surface area contributed by atoms with Gasteiger partial charge in [0, 0.05) is 18.5 Å². The Kier molecular flexibility index (Phi) is 1.87. The zero-order valence-corrected chi connectivity index (χ0v) is 8.39. The number of rotatable bonds is 1. The minimum atomic E-state index is 0. The molecule has 0 saturated carbocycles. The van der Waals surface area contributed by atoms with E-state index in [1.54, 1.807) is 0 Å². The van der Waals surface area contributed by atoms with Gasteiger partial charge in [-0.3, -0.25) is 0 Å². The molecule has 0 aliphatic rings. The lowest BCUT2D eigenvalue weighted by Crippen LogP contribution is -1.89. The van der Waals surface area contributed by atoms with Crippen LogP contribution in [0.15, 0.2) is 24.4 Å². The Balaban J connectivity index is 0.000000980. The smallest absolute Gasteiger partial charge is 0.0491 e. The molecule has 0 unspecified atom stereocenters. The highest BCUT2D eigenvalue weighted by Crippen LogP contribution is 2.26. The third kappa shape index (κ3) is 1.24. The highest BCUT2D eigenvalue weighted by molar-refractivity contribution is 5.86. The lowest BCUT2D eigenvalue weighted by molar-refractivity contribution is 0.873. The second-order valence-electron chi connectivity index (χ2n) is 3.89. The molecule has 0 atom stereocenters. The van der Waals surface area contributed by atoms with Crippen LogP contribution in [0, 0.1) is 6.92 Å². The number of aromatic amines is 1. The topological polar surface area (TPSA) is 15.8 Å². The predicted molar refractivity (Wildman–Crippen MR) is 59.2 cm³/mol. The molecule has 2 aromatic rings. The van der Waals surface area contributed by atoms with E-state index in [1.807, 2.05) is 6.20 Å². The van der Waals surface area contributed by atoms with E-state index >= 15 is 0 Å². The third-order valence-corrected chi connectivity index (χ3v) is 2.60.